The van der Waals surface area contributed by atoms with Crippen LogP contribution in [-0.2, 0) is 10.8 Å². The topological polar surface area (TPSA) is 29.5 Å². The van der Waals surface area contributed by atoms with Crippen molar-refractivity contribution in [3.8, 4) is 28.0 Å². The molecule has 0 aliphatic heterocycles. The summed E-state index contributed by atoms with van der Waals surface area (Å²) >= 11 is 0. The zero-order valence-corrected chi connectivity index (χ0v) is 19.2. The summed E-state index contributed by atoms with van der Waals surface area (Å²) in [5.74, 6) is 0.708. The average Bonchev–Trinajstić information content (AvgIpc) is 2.67. The maximum absolute atomic E-state index is 9.46. The van der Waals surface area contributed by atoms with E-state index in [1.165, 1.54) is 11.1 Å². The molecule has 3 aromatic carbocycles. The van der Waals surface area contributed by atoms with E-state index in [2.05, 4.69) is 84.0 Å². The first-order valence-corrected chi connectivity index (χ1v) is 10.9. The zero-order chi connectivity index (χ0) is 21.2. The molecule has 0 aliphatic rings. The Morgan fingerprint density at radius 3 is 1.97 bits per heavy atom. The van der Waals surface area contributed by atoms with Gasteiger partial charge in [0.2, 0.25) is 9.03 Å². The van der Waals surface area contributed by atoms with Gasteiger partial charge < -0.3 is 9.42 Å². The monoisotopic (exact) mass is 406 g/mol. The van der Waals surface area contributed by atoms with Crippen LogP contribution in [0.3, 0.4) is 0 Å². The number of hydrogen-bond donors (Lipinski definition) is 1. The highest BCUT2D eigenvalue weighted by molar-refractivity contribution is 7.25. The van der Waals surface area contributed by atoms with E-state index < -0.39 is 9.03 Å². The molecule has 3 rings (SSSR count). The third-order valence-electron chi connectivity index (χ3n) is 5.23. The molecule has 152 valence electrons. The van der Waals surface area contributed by atoms with Gasteiger partial charge in [0.15, 0.2) is 0 Å². The average molecular weight is 407 g/mol. The van der Waals surface area contributed by atoms with Crippen molar-refractivity contribution in [1.82, 2.24) is 0 Å². The van der Waals surface area contributed by atoms with Crippen LogP contribution in [0.4, 0.5) is 0 Å². The highest BCUT2D eigenvalue weighted by Crippen LogP contribution is 2.42. The Hall–Kier alpha value is -2.15. The Labute approximate surface area is 176 Å². The molecule has 0 amide bonds. The molecular formula is C26H31O2P. The molecule has 1 atom stereocenters. The molecule has 0 aliphatic carbocycles. The van der Waals surface area contributed by atoms with E-state index in [1.54, 1.807) is 0 Å². The molecule has 1 unspecified atom stereocenters. The van der Waals surface area contributed by atoms with Gasteiger partial charge in [-0.3, -0.25) is 0 Å². The Bertz CT molecular complexity index is 980. The second-order valence-corrected chi connectivity index (χ2v) is 9.92. The van der Waals surface area contributed by atoms with Crippen LogP contribution in [0.2, 0.25) is 0 Å². The minimum Gasteiger partial charge on any atom is -0.449 e. The zero-order valence-electron chi connectivity index (χ0n) is 18.2. The summed E-state index contributed by atoms with van der Waals surface area (Å²) in [5.41, 5.74) is 7.10. The van der Waals surface area contributed by atoms with Gasteiger partial charge >= 0.3 is 0 Å². The van der Waals surface area contributed by atoms with Gasteiger partial charge in [-0.15, -0.1) is 0 Å². The highest BCUT2D eigenvalue weighted by Gasteiger charge is 2.24. The lowest BCUT2D eigenvalue weighted by molar-refractivity contribution is 0.515. The van der Waals surface area contributed by atoms with Crippen molar-refractivity contribution >= 4 is 9.03 Å². The first-order valence-electron chi connectivity index (χ1n) is 10.0. The number of hydrogen-bond acceptors (Lipinski definition) is 2. The van der Waals surface area contributed by atoms with Crippen molar-refractivity contribution in [1.29, 1.82) is 0 Å². The summed E-state index contributed by atoms with van der Waals surface area (Å²) in [6.45, 7) is 13.5. The Kier molecular flexibility index (Phi) is 6.17. The molecule has 0 spiro atoms. The van der Waals surface area contributed by atoms with Crippen LogP contribution < -0.4 is 4.52 Å². The SMILES string of the molecule is CC(C)(C)c1ccc(-c2cc(-c3ccccc3)ccc2OPO)c(C(C)(C)C)c1. The van der Waals surface area contributed by atoms with E-state index in [-0.39, 0.29) is 10.8 Å². The van der Waals surface area contributed by atoms with E-state index in [0.717, 1.165) is 22.3 Å². The van der Waals surface area contributed by atoms with Gasteiger partial charge in [0, 0.05) is 5.56 Å². The van der Waals surface area contributed by atoms with Crippen LogP contribution in [0, 0.1) is 0 Å². The van der Waals surface area contributed by atoms with E-state index in [4.69, 9.17) is 4.52 Å². The summed E-state index contributed by atoms with van der Waals surface area (Å²) in [4.78, 5) is 9.46. The van der Waals surface area contributed by atoms with E-state index in [0.29, 0.717) is 5.75 Å². The molecule has 0 heterocycles. The standard InChI is InChI=1S/C26H31O2P/c1-25(2,3)20-13-14-21(23(17-20)26(4,5)6)22-16-19(12-15-24(22)28-29-27)18-10-8-7-9-11-18/h7-17,27,29H,1-6H3. The Morgan fingerprint density at radius 2 is 1.38 bits per heavy atom. The molecule has 29 heavy (non-hydrogen) atoms. The van der Waals surface area contributed by atoms with E-state index in [1.807, 2.05) is 24.3 Å². The lowest BCUT2D eigenvalue weighted by Gasteiger charge is -2.28. The quantitative estimate of drug-likeness (QED) is 0.455. The first-order chi connectivity index (χ1) is 13.6. The molecule has 1 N–H and O–H groups in total. The fourth-order valence-corrected chi connectivity index (χ4v) is 3.83. The lowest BCUT2D eigenvalue weighted by Crippen LogP contribution is -2.17. The van der Waals surface area contributed by atoms with Crippen molar-refractivity contribution in [2.75, 3.05) is 0 Å². The largest absolute Gasteiger partial charge is 0.449 e. The Morgan fingerprint density at radius 1 is 0.690 bits per heavy atom. The summed E-state index contributed by atoms with van der Waals surface area (Å²) < 4.78 is 5.63. The van der Waals surface area contributed by atoms with Gasteiger partial charge in [0.25, 0.3) is 0 Å². The predicted octanol–water partition coefficient (Wildman–Crippen LogP) is 7.50. The third kappa shape index (κ3) is 4.89. The maximum Gasteiger partial charge on any atom is 0.212 e. The van der Waals surface area contributed by atoms with Gasteiger partial charge in [-0.05, 0) is 50.8 Å². The fraction of sp³-hybridized carbons (Fsp3) is 0.308. The van der Waals surface area contributed by atoms with E-state index in [9.17, 15) is 4.89 Å². The van der Waals surface area contributed by atoms with Crippen LogP contribution in [-0.4, -0.2) is 4.89 Å². The molecule has 3 aromatic rings. The van der Waals surface area contributed by atoms with E-state index >= 15 is 0 Å². The minimum atomic E-state index is -0.588. The van der Waals surface area contributed by atoms with Crippen LogP contribution in [0.15, 0.2) is 66.7 Å². The summed E-state index contributed by atoms with van der Waals surface area (Å²) in [7, 11) is -0.588. The smallest absolute Gasteiger partial charge is 0.212 e. The Balaban J connectivity index is 2.25. The fourth-order valence-electron chi connectivity index (χ4n) is 3.55. The van der Waals surface area contributed by atoms with Crippen molar-refractivity contribution in [3.63, 3.8) is 0 Å². The van der Waals surface area contributed by atoms with Gasteiger partial charge in [-0.25, -0.2) is 0 Å². The molecule has 0 saturated heterocycles. The van der Waals surface area contributed by atoms with Crippen LogP contribution in [0.25, 0.3) is 22.3 Å². The van der Waals surface area contributed by atoms with Crippen LogP contribution in [0.1, 0.15) is 52.7 Å². The molecule has 0 radical (unpaired) electrons. The van der Waals surface area contributed by atoms with Crippen LogP contribution in [0.5, 0.6) is 5.75 Å². The first kappa shape index (κ1) is 21.6. The van der Waals surface area contributed by atoms with Crippen LogP contribution >= 0.6 is 9.03 Å². The molecule has 2 nitrogen and oxygen atoms in total. The molecule has 3 heteroatoms. The normalized spacial score (nSPS) is 12.5. The van der Waals surface area contributed by atoms with Crippen molar-refractivity contribution in [3.05, 3.63) is 77.9 Å². The summed E-state index contributed by atoms with van der Waals surface area (Å²) in [6.07, 6.45) is 0. The van der Waals surface area contributed by atoms with Crippen molar-refractivity contribution in [2.24, 2.45) is 0 Å². The van der Waals surface area contributed by atoms with Gasteiger partial charge in [-0.1, -0.05) is 96.1 Å². The molecular weight excluding hydrogens is 375 g/mol. The lowest BCUT2D eigenvalue weighted by atomic mass is 9.77. The number of benzene rings is 3. The van der Waals surface area contributed by atoms with Gasteiger partial charge in [0.1, 0.15) is 5.75 Å². The van der Waals surface area contributed by atoms with Crippen molar-refractivity contribution < 1.29 is 9.42 Å². The van der Waals surface area contributed by atoms with Gasteiger partial charge in [-0.2, -0.15) is 0 Å². The highest BCUT2D eigenvalue weighted by atomic mass is 31.1. The molecule has 0 bridgehead atoms. The maximum atomic E-state index is 9.46. The summed E-state index contributed by atoms with van der Waals surface area (Å²) in [5, 5.41) is 0. The number of rotatable bonds is 4. The minimum absolute atomic E-state index is 0.0296. The molecule has 0 saturated carbocycles. The third-order valence-corrected chi connectivity index (χ3v) is 5.54. The molecule has 0 fully saturated rings. The molecule has 0 aromatic heterocycles. The predicted molar refractivity (Wildman–Crippen MR) is 126 cm³/mol. The van der Waals surface area contributed by atoms with Gasteiger partial charge in [0.05, 0.1) is 0 Å². The second-order valence-electron chi connectivity index (χ2n) is 9.53. The second kappa shape index (κ2) is 8.30. The van der Waals surface area contributed by atoms with Crippen molar-refractivity contribution in [2.45, 2.75) is 52.4 Å². The summed E-state index contributed by atoms with van der Waals surface area (Å²) in [6, 6.07) is 23.3.